The zero-order chi connectivity index (χ0) is 19.8. The monoisotopic (exact) mass is 388 g/mol. The van der Waals surface area contributed by atoms with E-state index in [-0.39, 0.29) is 28.1 Å². The van der Waals surface area contributed by atoms with Gasteiger partial charge in [-0.05, 0) is 37.0 Å². The largest absolute Gasteiger partial charge is 0.465 e. The van der Waals surface area contributed by atoms with E-state index >= 15 is 0 Å². The average molecular weight is 388 g/mol. The molecule has 0 atom stereocenters. The molecule has 7 heteroatoms. The van der Waals surface area contributed by atoms with Gasteiger partial charge in [0, 0.05) is 12.6 Å². The van der Waals surface area contributed by atoms with Crippen LogP contribution in [0.15, 0.2) is 41.3 Å². The highest BCUT2D eigenvalue weighted by Gasteiger charge is 2.11. The number of aromatic amines is 1. The van der Waals surface area contributed by atoms with Crippen LogP contribution in [-0.4, -0.2) is 28.0 Å². The van der Waals surface area contributed by atoms with Gasteiger partial charge in [-0.1, -0.05) is 44.2 Å². The number of hydrogen-bond donors (Lipinski definition) is 1. The molecule has 0 aliphatic carbocycles. The van der Waals surface area contributed by atoms with Crippen LogP contribution in [-0.2, 0) is 9.53 Å². The number of nitrogens with one attached hydrogen (secondary N) is 1. The molecule has 1 aromatic carbocycles. The smallest absolute Gasteiger partial charge is 0.308 e. The molecule has 27 heavy (non-hydrogen) atoms. The first-order valence-electron chi connectivity index (χ1n) is 9.01. The summed E-state index contributed by atoms with van der Waals surface area (Å²) in [6.45, 7) is 3.94. The lowest BCUT2D eigenvalue weighted by Gasteiger charge is -2.09. The van der Waals surface area contributed by atoms with Crippen molar-refractivity contribution in [2.75, 3.05) is 6.61 Å². The first-order valence-corrected chi connectivity index (χ1v) is 9.42. The van der Waals surface area contributed by atoms with Crippen molar-refractivity contribution in [3.8, 4) is 11.1 Å². The van der Waals surface area contributed by atoms with E-state index in [9.17, 15) is 14.4 Å². The van der Waals surface area contributed by atoms with Gasteiger partial charge >= 0.3 is 5.97 Å². The van der Waals surface area contributed by atoms with Crippen LogP contribution in [0.2, 0.25) is 0 Å². The maximum atomic E-state index is 12.5. The number of esters is 1. The Kier molecular flexibility index (Phi) is 7.67. The maximum absolute atomic E-state index is 12.5. The van der Waals surface area contributed by atoms with Gasteiger partial charge < -0.3 is 4.74 Å². The molecular weight excluding hydrogens is 364 g/mol. The number of nitrogens with zero attached hydrogens (tertiary/aromatic N) is 1. The van der Waals surface area contributed by atoms with Crippen LogP contribution in [0.4, 0.5) is 0 Å². The Hall–Kier alpha value is -2.54. The van der Waals surface area contributed by atoms with Gasteiger partial charge in [-0.15, -0.1) is 0 Å². The van der Waals surface area contributed by atoms with Crippen molar-refractivity contribution < 1.29 is 14.3 Å². The molecule has 0 amide bonds. The number of carbonyl (C=O) groups excluding carboxylic acids is 2. The van der Waals surface area contributed by atoms with Crippen molar-refractivity contribution in [2.45, 2.75) is 39.5 Å². The fourth-order valence-electron chi connectivity index (χ4n) is 2.49. The van der Waals surface area contributed by atoms with Crippen molar-refractivity contribution in [3.63, 3.8) is 0 Å². The Morgan fingerprint density at radius 3 is 2.52 bits per heavy atom. The highest BCUT2D eigenvalue weighted by Crippen LogP contribution is 2.14. The second-order valence-corrected chi connectivity index (χ2v) is 6.95. The molecule has 0 aliphatic heterocycles. The van der Waals surface area contributed by atoms with Gasteiger partial charge in [0.25, 0.3) is 5.56 Å². The zero-order valence-corrected chi connectivity index (χ0v) is 16.4. The second kappa shape index (κ2) is 9.97. The lowest BCUT2D eigenvalue weighted by molar-refractivity contribution is -0.147. The SMILES string of the molecule is CC(C)C(=O)OCCCCCC(=O)n1cc(-c2ccccc2)c(=O)[nH]c1=S. The summed E-state index contributed by atoms with van der Waals surface area (Å²) in [5, 5.41) is 0. The minimum absolute atomic E-state index is 0.0931. The van der Waals surface area contributed by atoms with E-state index in [1.165, 1.54) is 10.8 Å². The predicted octanol–water partition coefficient (Wildman–Crippen LogP) is 3.97. The van der Waals surface area contributed by atoms with Crippen molar-refractivity contribution in [1.29, 1.82) is 0 Å². The van der Waals surface area contributed by atoms with Crippen LogP contribution < -0.4 is 5.56 Å². The number of carbonyl (C=O) groups is 2. The Morgan fingerprint density at radius 1 is 1.15 bits per heavy atom. The van der Waals surface area contributed by atoms with Gasteiger partial charge in [0.1, 0.15) is 0 Å². The van der Waals surface area contributed by atoms with Crippen LogP contribution in [0.25, 0.3) is 11.1 Å². The van der Waals surface area contributed by atoms with Gasteiger partial charge in [0.05, 0.1) is 18.1 Å². The van der Waals surface area contributed by atoms with Crippen molar-refractivity contribution in [1.82, 2.24) is 9.55 Å². The molecule has 1 N–H and O–H groups in total. The summed E-state index contributed by atoms with van der Waals surface area (Å²) in [6, 6.07) is 9.13. The van der Waals surface area contributed by atoms with Crippen LogP contribution in [0.1, 0.15) is 44.3 Å². The Balaban J connectivity index is 1.94. The molecule has 0 unspecified atom stereocenters. The third kappa shape index (κ3) is 5.99. The number of rotatable bonds is 8. The molecule has 0 spiro atoms. The molecule has 2 aromatic rings. The highest BCUT2D eigenvalue weighted by atomic mass is 32.1. The fourth-order valence-corrected chi connectivity index (χ4v) is 2.74. The summed E-state index contributed by atoms with van der Waals surface area (Å²) < 4.78 is 6.52. The van der Waals surface area contributed by atoms with E-state index in [1.54, 1.807) is 26.0 Å². The third-order valence-electron chi connectivity index (χ3n) is 4.05. The van der Waals surface area contributed by atoms with Crippen LogP contribution in [0, 0.1) is 10.7 Å². The summed E-state index contributed by atoms with van der Waals surface area (Å²) in [7, 11) is 0. The van der Waals surface area contributed by atoms with E-state index < -0.39 is 0 Å². The third-order valence-corrected chi connectivity index (χ3v) is 4.35. The minimum atomic E-state index is -0.317. The summed E-state index contributed by atoms with van der Waals surface area (Å²) in [5.74, 6) is -0.515. The standard InChI is InChI=1S/C20H24N2O4S/c1-14(2)19(25)26-12-8-4-7-11-17(23)22-13-16(18(24)21-20(22)27)15-9-5-3-6-10-15/h3,5-6,9-10,13-14H,4,7-8,11-12H2,1-2H3,(H,21,24,27). The van der Waals surface area contributed by atoms with E-state index in [0.717, 1.165) is 12.0 Å². The fraction of sp³-hybridized carbons (Fsp3) is 0.400. The summed E-state index contributed by atoms with van der Waals surface area (Å²) in [4.78, 5) is 38.6. The Morgan fingerprint density at radius 2 is 1.85 bits per heavy atom. The molecule has 0 saturated heterocycles. The van der Waals surface area contributed by atoms with Gasteiger partial charge in [0.2, 0.25) is 5.91 Å². The highest BCUT2D eigenvalue weighted by molar-refractivity contribution is 7.71. The molecule has 6 nitrogen and oxygen atoms in total. The van der Waals surface area contributed by atoms with Crippen molar-refractivity contribution in [3.05, 3.63) is 51.7 Å². The van der Waals surface area contributed by atoms with E-state index in [0.29, 0.717) is 31.4 Å². The van der Waals surface area contributed by atoms with Gasteiger partial charge in [-0.3, -0.25) is 23.9 Å². The second-order valence-electron chi connectivity index (χ2n) is 6.56. The summed E-state index contributed by atoms with van der Waals surface area (Å²) >= 11 is 5.13. The minimum Gasteiger partial charge on any atom is -0.465 e. The molecule has 0 aliphatic rings. The first-order chi connectivity index (χ1) is 12.9. The van der Waals surface area contributed by atoms with Gasteiger partial charge in [-0.25, -0.2) is 0 Å². The molecule has 0 fully saturated rings. The predicted molar refractivity (Wildman–Crippen MR) is 106 cm³/mol. The first kappa shape index (κ1) is 20.8. The van der Waals surface area contributed by atoms with Crippen LogP contribution >= 0.6 is 12.2 Å². The number of H-pyrrole nitrogens is 1. The Labute approximate surface area is 163 Å². The summed E-state index contributed by atoms with van der Waals surface area (Å²) in [6.07, 6.45) is 3.92. The molecule has 0 radical (unpaired) electrons. The molecule has 0 bridgehead atoms. The number of unbranched alkanes of at least 4 members (excludes halogenated alkanes) is 2. The number of hydrogen-bond acceptors (Lipinski definition) is 5. The normalized spacial score (nSPS) is 10.8. The Bertz CT molecular complexity index is 900. The van der Waals surface area contributed by atoms with Gasteiger partial charge in [0.15, 0.2) is 4.77 Å². The van der Waals surface area contributed by atoms with Crippen LogP contribution in [0.3, 0.4) is 0 Å². The zero-order valence-electron chi connectivity index (χ0n) is 15.6. The number of aromatic nitrogens is 2. The molecule has 1 heterocycles. The summed E-state index contributed by atoms with van der Waals surface area (Å²) in [5.41, 5.74) is 0.808. The molecule has 2 rings (SSSR count). The van der Waals surface area contributed by atoms with Crippen molar-refractivity contribution >= 4 is 24.1 Å². The number of ether oxygens (including phenoxy) is 1. The van der Waals surface area contributed by atoms with Gasteiger partial charge in [-0.2, -0.15) is 0 Å². The van der Waals surface area contributed by atoms with E-state index in [2.05, 4.69) is 4.98 Å². The van der Waals surface area contributed by atoms with E-state index in [1.807, 2.05) is 18.2 Å². The van der Waals surface area contributed by atoms with E-state index in [4.69, 9.17) is 17.0 Å². The molecule has 1 aromatic heterocycles. The lowest BCUT2D eigenvalue weighted by Crippen LogP contribution is -2.20. The number of benzene rings is 1. The van der Waals surface area contributed by atoms with Crippen molar-refractivity contribution in [2.24, 2.45) is 5.92 Å². The maximum Gasteiger partial charge on any atom is 0.308 e. The van der Waals surface area contributed by atoms with Crippen LogP contribution in [0.5, 0.6) is 0 Å². The quantitative estimate of drug-likeness (QED) is 0.420. The average Bonchev–Trinajstić information content (AvgIpc) is 2.64. The lowest BCUT2D eigenvalue weighted by atomic mass is 10.1. The molecular formula is C20H24N2O4S. The molecule has 0 saturated carbocycles. The molecule has 144 valence electrons. The topological polar surface area (TPSA) is 81.2 Å².